The highest BCUT2D eigenvalue weighted by atomic mass is 16.3. The van der Waals surface area contributed by atoms with Gasteiger partial charge in [0.05, 0.1) is 5.60 Å². The maximum absolute atomic E-state index is 9.71. The molecule has 0 bridgehead atoms. The van der Waals surface area contributed by atoms with Crippen molar-refractivity contribution in [3.8, 4) is 0 Å². The van der Waals surface area contributed by atoms with E-state index in [4.69, 9.17) is 0 Å². The van der Waals surface area contributed by atoms with E-state index in [0.717, 1.165) is 19.6 Å². The molecule has 1 heterocycles. The Balaban J connectivity index is 2.49. The maximum atomic E-state index is 9.71. The Morgan fingerprint density at radius 3 is 2.62 bits per heavy atom. The molecule has 0 amide bonds. The smallest absolute Gasteiger partial charge is 0.0718 e. The third kappa shape index (κ3) is 3.25. The normalized spacial score (nSPS) is 32.1. The molecule has 2 atom stereocenters. The van der Waals surface area contributed by atoms with E-state index in [-0.39, 0.29) is 0 Å². The van der Waals surface area contributed by atoms with Crippen molar-refractivity contribution in [2.45, 2.75) is 45.4 Å². The van der Waals surface area contributed by atoms with Crippen LogP contribution in [-0.4, -0.2) is 47.3 Å². The molecule has 1 saturated heterocycles. The van der Waals surface area contributed by atoms with Crippen LogP contribution in [0.1, 0.15) is 27.7 Å². The molecule has 0 saturated carbocycles. The van der Waals surface area contributed by atoms with Crippen molar-refractivity contribution in [3.05, 3.63) is 0 Å². The van der Waals surface area contributed by atoms with Crippen LogP contribution >= 0.6 is 0 Å². The number of nitrogens with zero attached hydrogens (tertiary/aromatic N) is 1. The molecule has 3 nitrogen and oxygen atoms in total. The van der Waals surface area contributed by atoms with Crippen LogP contribution < -0.4 is 5.32 Å². The standard InChI is InChI=1S/C10H22N2O/c1-8-9(2)12(6-5-11-8)7-10(3,4)13/h8-9,11,13H,5-7H2,1-4H3. The molecule has 1 rings (SSSR count). The fraction of sp³-hybridized carbons (Fsp3) is 1.00. The third-order valence-corrected chi connectivity index (χ3v) is 2.75. The van der Waals surface area contributed by atoms with Crippen molar-refractivity contribution in [3.63, 3.8) is 0 Å². The van der Waals surface area contributed by atoms with Gasteiger partial charge in [-0.15, -0.1) is 0 Å². The molecule has 0 aliphatic carbocycles. The molecule has 1 fully saturated rings. The summed E-state index contributed by atoms with van der Waals surface area (Å²) < 4.78 is 0. The van der Waals surface area contributed by atoms with Crippen LogP contribution in [0.5, 0.6) is 0 Å². The Morgan fingerprint density at radius 1 is 1.46 bits per heavy atom. The average Bonchev–Trinajstić information content (AvgIpc) is 1.96. The quantitative estimate of drug-likeness (QED) is 0.657. The van der Waals surface area contributed by atoms with E-state index in [0.29, 0.717) is 12.1 Å². The van der Waals surface area contributed by atoms with E-state index in [9.17, 15) is 5.11 Å². The van der Waals surface area contributed by atoms with E-state index in [2.05, 4.69) is 24.1 Å². The van der Waals surface area contributed by atoms with Crippen LogP contribution in [0.4, 0.5) is 0 Å². The summed E-state index contributed by atoms with van der Waals surface area (Å²) in [6.45, 7) is 11.0. The first kappa shape index (κ1) is 11.0. The number of nitrogens with one attached hydrogen (secondary N) is 1. The summed E-state index contributed by atoms with van der Waals surface area (Å²) in [5.41, 5.74) is -0.578. The summed E-state index contributed by atoms with van der Waals surface area (Å²) in [6.07, 6.45) is 0. The minimum absolute atomic E-state index is 0.514. The van der Waals surface area contributed by atoms with Crippen LogP contribution in [0, 0.1) is 0 Å². The summed E-state index contributed by atoms with van der Waals surface area (Å²) in [4.78, 5) is 2.35. The van der Waals surface area contributed by atoms with Gasteiger partial charge in [0.1, 0.15) is 0 Å². The Hall–Kier alpha value is -0.120. The largest absolute Gasteiger partial charge is 0.389 e. The van der Waals surface area contributed by atoms with Crippen molar-refractivity contribution in [2.24, 2.45) is 0 Å². The molecule has 2 unspecified atom stereocenters. The number of hydrogen-bond donors (Lipinski definition) is 2. The highest BCUT2D eigenvalue weighted by molar-refractivity contribution is 4.86. The summed E-state index contributed by atoms with van der Waals surface area (Å²) in [5.74, 6) is 0. The van der Waals surface area contributed by atoms with E-state index < -0.39 is 5.60 Å². The predicted octanol–water partition coefficient (Wildman–Crippen LogP) is 0.439. The van der Waals surface area contributed by atoms with Crippen LogP contribution in [0.15, 0.2) is 0 Å². The average molecular weight is 186 g/mol. The van der Waals surface area contributed by atoms with Gasteiger partial charge < -0.3 is 10.4 Å². The van der Waals surface area contributed by atoms with Crippen LogP contribution in [0.2, 0.25) is 0 Å². The van der Waals surface area contributed by atoms with Gasteiger partial charge in [0.2, 0.25) is 0 Å². The number of rotatable bonds is 2. The molecule has 3 heteroatoms. The van der Waals surface area contributed by atoms with Gasteiger partial charge in [-0.2, -0.15) is 0 Å². The van der Waals surface area contributed by atoms with Crippen molar-refractivity contribution >= 4 is 0 Å². The van der Waals surface area contributed by atoms with Crippen molar-refractivity contribution in [2.75, 3.05) is 19.6 Å². The Morgan fingerprint density at radius 2 is 2.08 bits per heavy atom. The van der Waals surface area contributed by atoms with Gasteiger partial charge in [-0.1, -0.05) is 0 Å². The molecule has 0 aromatic rings. The zero-order valence-electron chi connectivity index (χ0n) is 9.17. The van der Waals surface area contributed by atoms with Gasteiger partial charge in [0.15, 0.2) is 0 Å². The van der Waals surface area contributed by atoms with E-state index >= 15 is 0 Å². The second-order valence-electron chi connectivity index (χ2n) is 4.77. The Labute approximate surface area is 81.1 Å². The maximum Gasteiger partial charge on any atom is 0.0718 e. The second-order valence-corrected chi connectivity index (χ2v) is 4.77. The molecule has 0 spiro atoms. The molecule has 13 heavy (non-hydrogen) atoms. The van der Waals surface area contributed by atoms with Gasteiger partial charge in [0, 0.05) is 31.7 Å². The predicted molar refractivity (Wildman–Crippen MR) is 54.8 cm³/mol. The zero-order valence-corrected chi connectivity index (χ0v) is 9.17. The first-order valence-electron chi connectivity index (χ1n) is 5.10. The number of piperazine rings is 1. The monoisotopic (exact) mass is 186 g/mol. The Bertz CT molecular complexity index is 165. The minimum atomic E-state index is -0.578. The molecular formula is C10H22N2O. The summed E-state index contributed by atoms with van der Waals surface area (Å²) in [7, 11) is 0. The lowest BCUT2D eigenvalue weighted by atomic mass is 10.0. The number of aliphatic hydroxyl groups is 1. The summed E-state index contributed by atoms with van der Waals surface area (Å²) >= 11 is 0. The van der Waals surface area contributed by atoms with Crippen molar-refractivity contribution in [1.29, 1.82) is 0 Å². The van der Waals surface area contributed by atoms with Crippen molar-refractivity contribution < 1.29 is 5.11 Å². The van der Waals surface area contributed by atoms with Crippen LogP contribution in [-0.2, 0) is 0 Å². The number of hydrogen-bond acceptors (Lipinski definition) is 3. The molecule has 78 valence electrons. The van der Waals surface area contributed by atoms with Crippen LogP contribution in [0.3, 0.4) is 0 Å². The highest BCUT2D eigenvalue weighted by Crippen LogP contribution is 2.13. The first-order chi connectivity index (χ1) is 5.90. The lowest BCUT2D eigenvalue weighted by Gasteiger charge is -2.41. The SMILES string of the molecule is CC1NCCN(CC(C)(C)O)C1C. The van der Waals surface area contributed by atoms with E-state index in [1.165, 1.54) is 0 Å². The third-order valence-electron chi connectivity index (χ3n) is 2.75. The number of β-amino-alcohol motifs (C(OH)–C–C–N with tert-alkyl or cyclic N) is 1. The second kappa shape index (κ2) is 3.95. The van der Waals surface area contributed by atoms with Gasteiger partial charge in [-0.25, -0.2) is 0 Å². The summed E-state index contributed by atoms with van der Waals surface area (Å²) in [5, 5.41) is 13.1. The van der Waals surface area contributed by atoms with Gasteiger partial charge >= 0.3 is 0 Å². The van der Waals surface area contributed by atoms with Gasteiger partial charge in [-0.3, -0.25) is 4.90 Å². The van der Waals surface area contributed by atoms with Crippen molar-refractivity contribution in [1.82, 2.24) is 10.2 Å². The van der Waals surface area contributed by atoms with Gasteiger partial charge in [-0.05, 0) is 27.7 Å². The fourth-order valence-corrected chi connectivity index (χ4v) is 1.85. The Kier molecular flexibility index (Phi) is 3.33. The lowest BCUT2D eigenvalue weighted by Crippen LogP contribution is -2.58. The molecule has 1 aliphatic heterocycles. The summed E-state index contributed by atoms with van der Waals surface area (Å²) in [6, 6.07) is 1.04. The topological polar surface area (TPSA) is 35.5 Å². The molecule has 0 radical (unpaired) electrons. The minimum Gasteiger partial charge on any atom is -0.389 e. The molecule has 1 aliphatic rings. The van der Waals surface area contributed by atoms with Gasteiger partial charge in [0.25, 0.3) is 0 Å². The highest BCUT2D eigenvalue weighted by Gasteiger charge is 2.27. The lowest BCUT2D eigenvalue weighted by molar-refractivity contribution is 0.00907. The van der Waals surface area contributed by atoms with E-state index in [1.54, 1.807) is 0 Å². The first-order valence-corrected chi connectivity index (χ1v) is 5.10. The molecule has 0 aromatic heterocycles. The molecule has 2 N–H and O–H groups in total. The van der Waals surface area contributed by atoms with Crippen LogP contribution in [0.25, 0.3) is 0 Å². The fourth-order valence-electron chi connectivity index (χ4n) is 1.85. The molecular weight excluding hydrogens is 164 g/mol. The zero-order chi connectivity index (χ0) is 10.1. The van der Waals surface area contributed by atoms with E-state index in [1.807, 2.05) is 13.8 Å². The molecule has 0 aromatic carbocycles.